The van der Waals surface area contributed by atoms with Crippen molar-refractivity contribution in [3.63, 3.8) is 0 Å². The van der Waals surface area contributed by atoms with E-state index in [9.17, 15) is 10.1 Å². The summed E-state index contributed by atoms with van der Waals surface area (Å²) in [6.45, 7) is 7.99. The van der Waals surface area contributed by atoms with Crippen LogP contribution in [0.1, 0.15) is 12.6 Å². The lowest BCUT2D eigenvalue weighted by Gasteiger charge is -2.37. The van der Waals surface area contributed by atoms with Crippen molar-refractivity contribution in [3.8, 4) is 17.4 Å². The summed E-state index contributed by atoms with van der Waals surface area (Å²) in [7, 11) is 0. The molecule has 5 rings (SSSR count). The van der Waals surface area contributed by atoms with Gasteiger partial charge in [-0.1, -0.05) is 30.3 Å². The Labute approximate surface area is 179 Å². The highest BCUT2D eigenvalue weighted by atomic mass is 16.6. The molecule has 10 nitrogen and oxygen atoms in total. The van der Waals surface area contributed by atoms with Gasteiger partial charge in [-0.05, 0) is 11.8 Å². The summed E-state index contributed by atoms with van der Waals surface area (Å²) in [6.07, 6.45) is 3.44. The molecule has 0 aliphatic carbocycles. The van der Waals surface area contributed by atoms with Gasteiger partial charge in [0.05, 0.1) is 12.2 Å². The zero-order chi connectivity index (χ0) is 21.4. The van der Waals surface area contributed by atoms with Crippen molar-refractivity contribution in [3.05, 3.63) is 58.5 Å². The van der Waals surface area contributed by atoms with E-state index in [0.29, 0.717) is 12.6 Å². The van der Waals surface area contributed by atoms with Crippen molar-refractivity contribution in [2.45, 2.75) is 25.6 Å². The molecule has 2 aliphatic heterocycles. The molecule has 4 heterocycles. The number of nitrogens with zero attached hydrogens (tertiary/aromatic N) is 6. The van der Waals surface area contributed by atoms with E-state index < -0.39 is 10.5 Å². The maximum absolute atomic E-state index is 10.9. The Bertz CT molecular complexity index is 1050. The lowest BCUT2D eigenvalue weighted by molar-refractivity contribution is -0.389. The number of fused-ring (bicyclic) bond motifs is 1. The van der Waals surface area contributed by atoms with Crippen LogP contribution in [0.4, 0.5) is 5.82 Å². The molecular weight excluding hydrogens is 398 g/mol. The smallest absolute Gasteiger partial charge is 0.415 e. The van der Waals surface area contributed by atoms with Crippen LogP contribution in [-0.4, -0.2) is 72.6 Å². The van der Waals surface area contributed by atoms with E-state index in [0.717, 1.165) is 56.4 Å². The Balaban J connectivity index is 1.12. The van der Waals surface area contributed by atoms with E-state index in [4.69, 9.17) is 9.72 Å². The van der Waals surface area contributed by atoms with Gasteiger partial charge in [0.25, 0.3) is 0 Å². The number of hydrogen-bond donors (Lipinski definition) is 1. The Morgan fingerprint density at radius 2 is 1.90 bits per heavy atom. The number of rotatable bonds is 6. The first kappa shape index (κ1) is 19.7. The lowest BCUT2D eigenvalue weighted by Crippen LogP contribution is -2.52. The van der Waals surface area contributed by atoms with Gasteiger partial charge in [-0.3, -0.25) is 14.4 Å². The maximum atomic E-state index is 10.9. The van der Waals surface area contributed by atoms with Gasteiger partial charge in [-0.2, -0.15) is 0 Å². The van der Waals surface area contributed by atoms with E-state index in [2.05, 4.69) is 31.9 Å². The highest BCUT2D eigenvalue weighted by molar-refractivity contribution is 5.54. The van der Waals surface area contributed by atoms with Crippen LogP contribution < -0.4 is 4.74 Å². The zero-order valence-electron chi connectivity index (χ0n) is 17.4. The minimum atomic E-state index is -0.493. The first-order chi connectivity index (χ1) is 15.0. The maximum Gasteiger partial charge on any atom is 0.415 e. The third-order valence-corrected chi connectivity index (χ3v) is 5.84. The fourth-order valence-electron chi connectivity index (χ4n) is 4.36. The molecule has 1 unspecified atom stereocenters. The van der Waals surface area contributed by atoms with E-state index in [1.165, 1.54) is 6.20 Å². The van der Waals surface area contributed by atoms with Crippen LogP contribution >= 0.6 is 0 Å². The molecule has 1 saturated heterocycles. The minimum absolute atomic E-state index is 0.167. The molecule has 0 spiro atoms. The van der Waals surface area contributed by atoms with Gasteiger partial charge in [-0.25, -0.2) is 4.98 Å². The number of nitrogens with one attached hydrogen (secondary N) is 1. The Morgan fingerprint density at radius 1 is 1.16 bits per heavy atom. The number of benzene rings is 1. The third-order valence-electron chi connectivity index (χ3n) is 5.84. The average molecular weight is 423 g/mol. The van der Waals surface area contributed by atoms with Crippen LogP contribution in [0.25, 0.3) is 11.4 Å². The van der Waals surface area contributed by atoms with Gasteiger partial charge in [0.1, 0.15) is 17.6 Å². The standard InChI is InChI=1S/C21H25N7O3/c1-21(15-27-13-18(28(29)30)24-20(27)31-21)14-26-9-7-25(8-10-26)12-17-11-22-19(23-17)16-5-3-2-4-6-16/h2-6,11,13H,7-10,12,14-15H2,1H3,(H,22,23). The van der Waals surface area contributed by atoms with Gasteiger partial charge >= 0.3 is 11.8 Å². The molecule has 1 fully saturated rings. The van der Waals surface area contributed by atoms with Crippen LogP contribution in [0.5, 0.6) is 6.01 Å². The van der Waals surface area contributed by atoms with Crippen molar-refractivity contribution in [1.29, 1.82) is 0 Å². The molecule has 10 heteroatoms. The molecule has 2 aliphatic rings. The number of piperazine rings is 1. The number of ether oxygens (including phenoxy) is 1. The Kier molecular flexibility index (Phi) is 4.95. The van der Waals surface area contributed by atoms with Crippen LogP contribution in [0.15, 0.2) is 42.7 Å². The number of aromatic amines is 1. The summed E-state index contributed by atoms with van der Waals surface area (Å²) in [5.41, 5.74) is 1.71. The van der Waals surface area contributed by atoms with E-state index in [1.807, 2.05) is 31.3 Å². The molecule has 1 aromatic carbocycles. The van der Waals surface area contributed by atoms with Gasteiger partial charge in [-0.15, -0.1) is 0 Å². The van der Waals surface area contributed by atoms with Crippen molar-refractivity contribution >= 4 is 5.82 Å². The fourth-order valence-corrected chi connectivity index (χ4v) is 4.36. The van der Waals surface area contributed by atoms with Gasteiger partial charge in [0.2, 0.25) is 0 Å². The molecular formula is C21H25N7O3. The van der Waals surface area contributed by atoms with Crippen LogP contribution in [0.2, 0.25) is 0 Å². The summed E-state index contributed by atoms with van der Waals surface area (Å²) >= 11 is 0. The van der Waals surface area contributed by atoms with E-state index >= 15 is 0 Å². The fraction of sp³-hybridized carbons (Fsp3) is 0.429. The second-order valence-corrected chi connectivity index (χ2v) is 8.48. The monoisotopic (exact) mass is 423 g/mol. The molecule has 0 radical (unpaired) electrons. The largest absolute Gasteiger partial charge is 0.436 e. The van der Waals surface area contributed by atoms with E-state index in [1.54, 1.807) is 4.57 Å². The average Bonchev–Trinajstić information content (AvgIpc) is 3.44. The molecule has 2 aromatic heterocycles. The van der Waals surface area contributed by atoms with Crippen LogP contribution in [0, 0.1) is 10.1 Å². The first-order valence-electron chi connectivity index (χ1n) is 10.4. The Hall–Kier alpha value is -3.24. The normalized spacial score (nSPS) is 21.7. The van der Waals surface area contributed by atoms with E-state index in [-0.39, 0.29) is 5.82 Å². The summed E-state index contributed by atoms with van der Waals surface area (Å²) in [5.74, 6) is 0.734. The molecule has 162 valence electrons. The lowest BCUT2D eigenvalue weighted by atomic mass is 10.1. The number of H-pyrrole nitrogens is 1. The number of aromatic nitrogens is 4. The van der Waals surface area contributed by atoms with Crippen molar-refractivity contribution in [1.82, 2.24) is 29.3 Å². The van der Waals surface area contributed by atoms with Crippen molar-refractivity contribution < 1.29 is 9.66 Å². The summed E-state index contributed by atoms with van der Waals surface area (Å²) < 4.78 is 7.71. The Morgan fingerprint density at radius 3 is 2.61 bits per heavy atom. The quantitative estimate of drug-likeness (QED) is 0.478. The van der Waals surface area contributed by atoms with Crippen molar-refractivity contribution in [2.24, 2.45) is 0 Å². The predicted octanol–water partition coefficient (Wildman–Crippen LogP) is 2.15. The van der Waals surface area contributed by atoms with Crippen LogP contribution in [-0.2, 0) is 13.1 Å². The summed E-state index contributed by atoms with van der Waals surface area (Å²) in [5, 5.41) is 10.9. The molecule has 3 aromatic rings. The second kappa shape index (κ2) is 7.78. The number of imidazole rings is 2. The number of nitro groups is 1. The first-order valence-corrected chi connectivity index (χ1v) is 10.4. The zero-order valence-corrected chi connectivity index (χ0v) is 17.4. The molecule has 31 heavy (non-hydrogen) atoms. The molecule has 0 saturated carbocycles. The summed E-state index contributed by atoms with van der Waals surface area (Å²) in [4.78, 5) is 27.2. The summed E-state index contributed by atoms with van der Waals surface area (Å²) in [6, 6.07) is 10.5. The SMILES string of the molecule is CC1(CN2CCN(Cc3c[nH]c(-c4ccccc4)n3)CC2)Cn2cc([N+](=O)[O-])nc2O1. The molecule has 0 amide bonds. The molecule has 0 bridgehead atoms. The van der Waals surface area contributed by atoms with Gasteiger partial charge in [0, 0.05) is 56.0 Å². The minimum Gasteiger partial charge on any atom is -0.436 e. The number of hydrogen-bond acceptors (Lipinski definition) is 7. The highest BCUT2D eigenvalue weighted by Crippen LogP contribution is 2.31. The predicted molar refractivity (Wildman–Crippen MR) is 114 cm³/mol. The van der Waals surface area contributed by atoms with Gasteiger partial charge in [0.15, 0.2) is 0 Å². The topological polar surface area (TPSA) is 105 Å². The van der Waals surface area contributed by atoms with Gasteiger partial charge < -0.3 is 19.8 Å². The van der Waals surface area contributed by atoms with Crippen LogP contribution in [0.3, 0.4) is 0 Å². The molecule has 1 N–H and O–H groups in total. The third kappa shape index (κ3) is 4.17. The second-order valence-electron chi connectivity index (χ2n) is 8.48. The van der Waals surface area contributed by atoms with Crippen molar-refractivity contribution in [2.75, 3.05) is 32.7 Å². The highest BCUT2D eigenvalue weighted by Gasteiger charge is 2.41. The molecule has 1 atom stereocenters.